The van der Waals surface area contributed by atoms with Gasteiger partial charge in [-0.3, -0.25) is 4.79 Å². The molecule has 0 unspecified atom stereocenters. The van der Waals surface area contributed by atoms with E-state index in [2.05, 4.69) is 15.7 Å². The number of amides is 1. The lowest BCUT2D eigenvalue weighted by atomic mass is 10.1. The lowest BCUT2D eigenvalue weighted by Crippen LogP contribution is -2.27. The van der Waals surface area contributed by atoms with E-state index in [0.717, 1.165) is 34.0 Å². The Morgan fingerprint density at radius 3 is 2.92 bits per heavy atom. The van der Waals surface area contributed by atoms with Crippen LogP contribution in [0.3, 0.4) is 0 Å². The van der Waals surface area contributed by atoms with Gasteiger partial charge in [-0.2, -0.15) is 11.3 Å². The molecule has 2 aromatic heterocycles. The van der Waals surface area contributed by atoms with Gasteiger partial charge >= 0.3 is 0 Å². The first-order chi connectivity index (χ1) is 11.8. The standard InChI is InChI=1S/C18H18N2O2S2/c1-22-16-5-3-2-4-13(16)6-8-19-17(21)10-15-12-24-18(20-15)14-7-9-23-11-14/h2-5,7,9,11-12H,6,8,10H2,1H3,(H,19,21). The summed E-state index contributed by atoms with van der Waals surface area (Å²) in [6.07, 6.45) is 1.06. The summed E-state index contributed by atoms with van der Waals surface area (Å²) < 4.78 is 5.32. The molecule has 0 radical (unpaired) electrons. The van der Waals surface area contributed by atoms with Crippen LogP contribution in [0, 0.1) is 0 Å². The fraction of sp³-hybridized carbons (Fsp3) is 0.222. The maximum absolute atomic E-state index is 12.1. The zero-order chi connectivity index (χ0) is 16.8. The molecular weight excluding hydrogens is 340 g/mol. The molecule has 1 N–H and O–H groups in total. The molecule has 0 aliphatic rings. The second kappa shape index (κ2) is 8.08. The minimum absolute atomic E-state index is 0.00735. The van der Waals surface area contributed by atoms with E-state index in [1.807, 2.05) is 41.1 Å². The molecule has 4 nitrogen and oxygen atoms in total. The van der Waals surface area contributed by atoms with Gasteiger partial charge in [-0.05, 0) is 29.5 Å². The van der Waals surface area contributed by atoms with E-state index in [4.69, 9.17) is 4.74 Å². The van der Waals surface area contributed by atoms with Crippen molar-refractivity contribution in [2.45, 2.75) is 12.8 Å². The zero-order valence-corrected chi connectivity index (χ0v) is 15.0. The minimum Gasteiger partial charge on any atom is -0.496 e. The Morgan fingerprint density at radius 1 is 1.25 bits per heavy atom. The van der Waals surface area contributed by atoms with Gasteiger partial charge in [0.2, 0.25) is 5.91 Å². The Labute approximate surface area is 149 Å². The predicted octanol–water partition coefficient (Wildman–Crippen LogP) is 3.78. The highest BCUT2D eigenvalue weighted by Crippen LogP contribution is 2.25. The van der Waals surface area contributed by atoms with E-state index >= 15 is 0 Å². The number of rotatable bonds is 7. The van der Waals surface area contributed by atoms with Crippen molar-refractivity contribution in [3.63, 3.8) is 0 Å². The first kappa shape index (κ1) is 16.7. The summed E-state index contributed by atoms with van der Waals surface area (Å²) in [5.74, 6) is 0.846. The number of nitrogens with one attached hydrogen (secondary N) is 1. The molecule has 24 heavy (non-hydrogen) atoms. The molecule has 0 aliphatic heterocycles. The number of thiazole rings is 1. The number of thiophene rings is 1. The Morgan fingerprint density at radius 2 is 2.12 bits per heavy atom. The molecule has 0 fully saturated rings. The molecule has 124 valence electrons. The van der Waals surface area contributed by atoms with Crippen LogP contribution in [0.5, 0.6) is 5.75 Å². The van der Waals surface area contributed by atoms with Crippen molar-refractivity contribution in [3.8, 4) is 16.3 Å². The lowest BCUT2D eigenvalue weighted by molar-refractivity contribution is -0.120. The van der Waals surface area contributed by atoms with Crippen LogP contribution in [0.1, 0.15) is 11.3 Å². The van der Waals surface area contributed by atoms with E-state index in [1.165, 1.54) is 0 Å². The number of methoxy groups -OCH3 is 1. The van der Waals surface area contributed by atoms with Crippen LogP contribution < -0.4 is 10.1 Å². The molecule has 1 amide bonds. The highest BCUT2D eigenvalue weighted by atomic mass is 32.1. The van der Waals surface area contributed by atoms with Gasteiger partial charge in [0, 0.05) is 22.9 Å². The van der Waals surface area contributed by atoms with Gasteiger partial charge in [0.1, 0.15) is 10.8 Å². The van der Waals surface area contributed by atoms with E-state index < -0.39 is 0 Å². The summed E-state index contributed by atoms with van der Waals surface area (Å²) in [5, 5.41) is 9.96. The number of nitrogens with zero attached hydrogens (tertiary/aromatic N) is 1. The molecule has 3 aromatic rings. The number of ether oxygens (including phenoxy) is 1. The fourth-order valence-corrected chi connectivity index (χ4v) is 3.91. The van der Waals surface area contributed by atoms with Crippen LogP contribution in [0.4, 0.5) is 0 Å². The fourth-order valence-electron chi connectivity index (χ4n) is 2.38. The summed E-state index contributed by atoms with van der Waals surface area (Å²) >= 11 is 3.22. The van der Waals surface area contributed by atoms with Crippen molar-refractivity contribution in [2.75, 3.05) is 13.7 Å². The Kier molecular flexibility index (Phi) is 5.61. The molecular formula is C18H18N2O2S2. The second-order valence-corrected chi connectivity index (χ2v) is 6.88. The summed E-state index contributed by atoms with van der Waals surface area (Å²) in [5.41, 5.74) is 3.03. The maximum atomic E-state index is 12.1. The molecule has 3 rings (SSSR count). The molecule has 2 heterocycles. The van der Waals surface area contributed by atoms with Gasteiger partial charge in [-0.25, -0.2) is 4.98 Å². The van der Waals surface area contributed by atoms with Crippen molar-refractivity contribution in [2.24, 2.45) is 0 Å². The van der Waals surface area contributed by atoms with Gasteiger partial charge in [-0.1, -0.05) is 18.2 Å². The Balaban J connectivity index is 1.49. The molecule has 0 atom stereocenters. The largest absolute Gasteiger partial charge is 0.496 e. The van der Waals surface area contributed by atoms with Crippen LogP contribution in [0.25, 0.3) is 10.6 Å². The quantitative estimate of drug-likeness (QED) is 0.699. The molecule has 0 saturated heterocycles. The van der Waals surface area contributed by atoms with Crippen LogP contribution in [-0.2, 0) is 17.6 Å². The first-order valence-electron chi connectivity index (χ1n) is 7.62. The van der Waals surface area contributed by atoms with Crippen molar-refractivity contribution >= 4 is 28.6 Å². The van der Waals surface area contributed by atoms with Crippen LogP contribution in [0.2, 0.25) is 0 Å². The molecule has 1 aromatic carbocycles. The van der Waals surface area contributed by atoms with E-state index in [0.29, 0.717) is 13.0 Å². The first-order valence-corrected chi connectivity index (χ1v) is 9.44. The third kappa shape index (κ3) is 4.21. The van der Waals surface area contributed by atoms with Crippen molar-refractivity contribution in [1.82, 2.24) is 10.3 Å². The number of benzene rings is 1. The number of carbonyl (C=O) groups is 1. The highest BCUT2D eigenvalue weighted by Gasteiger charge is 2.09. The third-order valence-electron chi connectivity index (χ3n) is 3.57. The summed E-state index contributed by atoms with van der Waals surface area (Å²) in [6.45, 7) is 0.584. The number of aromatic nitrogens is 1. The number of hydrogen-bond acceptors (Lipinski definition) is 5. The van der Waals surface area contributed by atoms with Crippen LogP contribution >= 0.6 is 22.7 Å². The normalized spacial score (nSPS) is 10.5. The molecule has 6 heteroatoms. The number of para-hydroxylation sites is 1. The molecule has 0 saturated carbocycles. The van der Waals surface area contributed by atoms with E-state index in [1.54, 1.807) is 29.8 Å². The average molecular weight is 358 g/mol. The van der Waals surface area contributed by atoms with Crippen molar-refractivity contribution in [1.29, 1.82) is 0 Å². The van der Waals surface area contributed by atoms with Crippen molar-refractivity contribution in [3.05, 3.63) is 57.7 Å². The second-order valence-electron chi connectivity index (χ2n) is 5.24. The zero-order valence-electron chi connectivity index (χ0n) is 13.3. The Hall–Kier alpha value is -2.18. The summed E-state index contributed by atoms with van der Waals surface area (Å²) in [4.78, 5) is 16.6. The molecule has 0 aliphatic carbocycles. The predicted molar refractivity (Wildman–Crippen MR) is 98.8 cm³/mol. The Bertz CT molecular complexity index is 797. The van der Waals surface area contributed by atoms with Gasteiger partial charge in [0.05, 0.1) is 19.2 Å². The van der Waals surface area contributed by atoms with Crippen LogP contribution in [-0.4, -0.2) is 24.5 Å². The lowest BCUT2D eigenvalue weighted by Gasteiger charge is -2.08. The summed E-state index contributed by atoms with van der Waals surface area (Å²) in [6, 6.07) is 9.90. The van der Waals surface area contributed by atoms with Gasteiger partial charge in [0.15, 0.2) is 0 Å². The molecule has 0 spiro atoms. The smallest absolute Gasteiger partial charge is 0.226 e. The minimum atomic E-state index is -0.00735. The SMILES string of the molecule is COc1ccccc1CCNC(=O)Cc1csc(-c2ccsc2)n1. The maximum Gasteiger partial charge on any atom is 0.226 e. The number of carbonyl (C=O) groups excluding carboxylic acids is 1. The van der Waals surface area contributed by atoms with E-state index in [-0.39, 0.29) is 5.91 Å². The topological polar surface area (TPSA) is 51.2 Å². The molecule has 0 bridgehead atoms. The summed E-state index contributed by atoms with van der Waals surface area (Å²) in [7, 11) is 1.66. The van der Waals surface area contributed by atoms with Crippen LogP contribution in [0.15, 0.2) is 46.5 Å². The highest BCUT2D eigenvalue weighted by molar-refractivity contribution is 7.14. The van der Waals surface area contributed by atoms with Gasteiger partial charge in [0.25, 0.3) is 0 Å². The third-order valence-corrected chi connectivity index (χ3v) is 5.19. The van der Waals surface area contributed by atoms with E-state index in [9.17, 15) is 4.79 Å². The van der Waals surface area contributed by atoms with Gasteiger partial charge < -0.3 is 10.1 Å². The monoisotopic (exact) mass is 358 g/mol. The van der Waals surface area contributed by atoms with Gasteiger partial charge in [-0.15, -0.1) is 11.3 Å². The van der Waals surface area contributed by atoms with Crippen molar-refractivity contribution < 1.29 is 9.53 Å². The number of hydrogen-bond donors (Lipinski definition) is 1. The average Bonchev–Trinajstić information content (AvgIpc) is 3.26.